The number of thiazole rings is 1. The zero-order chi connectivity index (χ0) is 9.26. The summed E-state index contributed by atoms with van der Waals surface area (Å²) < 4.78 is 1.07. The van der Waals surface area contributed by atoms with Gasteiger partial charge in [-0.15, -0.1) is 22.7 Å². The first-order valence-electron chi connectivity index (χ1n) is 3.46. The minimum atomic E-state index is 0.527. The average Bonchev–Trinajstić information content (AvgIpc) is 2.71. The van der Waals surface area contributed by atoms with E-state index in [1.54, 1.807) is 11.3 Å². The van der Waals surface area contributed by atoms with Crippen molar-refractivity contribution in [1.82, 2.24) is 4.98 Å². The van der Waals surface area contributed by atoms with Crippen LogP contribution in [0.25, 0.3) is 10.6 Å². The number of nitrogens with zero attached hydrogens (tertiary/aromatic N) is 1. The Labute approximate surface area is 91.4 Å². The molecule has 2 aromatic heterocycles. The van der Waals surface area contributed by atoms with Gasteiger partial charge in [0.25, 0.3) is 0 Å². The SMILES string of the molecule is O=Cc1nc(-c2ccc(Br)s2)cs1. The van der Waals surface area contributed by atoms with Crippen molar-refractivity contribution < 1.29 is 4.79 Å². The van der Waals surface area contributed by atoms with E-state index in [0.29, 0.717) is 5.01 Å². The van der Waals surface area contributed by atoms with Crippen molar-refractivity contribution in [2.75, 3.05) is 0 Å². The van der Waals surface area contributed by atoms with E-state index in [-0.39, 0.29) is 0 Å². The second kappa shape index (κ2) is 3.69. The molecule has 0 saturated heterocycles. The zero-order valence-electron chi connectivity index (χ0n) is 6.36. The fourth-order valence-electron chi connectivity index (χ4n) is 0.907. The summed E-state index contributed by atoms with van der Waals surface area (Å²) >= 11 is 6.35. The molecule has 2 heterocycles. The molecule has 2 nitrogen and oxygen atoms in total. The van der Waals surface area contributed by atoms with Gasteiger partial charge < -0.3 is 0 Å². The number of hydrogen-bond acceptors (Lipinski definition) is 4. The summed E-state index contributed by atoms with van der Waals surface area (Å²) in [7, 11) is 0. The van der Waals surface area contributed by atoms with Gasteiger partial charge in [-0.2, -0.15) is 0 Å². The molecule has 0 unspecified atom stereocenters. The predicted molar refractivity (Wildman–Crippen MR) is 58.5 cm³/mol. The summed E-state index contributed by atoms with van der Waals surface area (Å²) in [5, 5.41) is 2.42. The maximum atomic E-state index is 10.4. The van der Waals surface area contributed by atoms with E-state index in [0.717, 1.165) is 20.6 Å². The van der Waals surface area contributed by atoms with Crippen LogP contribution >= 0.6 is 38.6 Å². The van der Waals surface area contributed by atoms with Crippen LogP contribution in [-0.4, -0.2) is 11.3 Å². The Balaban J connectivity index is 2.40. The monoisotopic (exact) mass is 273 g/mol. The number of carbonyl (C=O) groups excluding carboxylic acids is 1. The third kappa shape index (κ3) is 1.87. The normalized spacial score (nSPS) is 10.2. The summed E-state index contributed by atoms with van der Waals surface area (Å²) in [5.74, 6) is 0. The quantitative estimate of drug-likeness (QED) is 0.785. The number of rotatable bonds is 2. The number of hydrogen-bond donors (Lipinski definition) is 0. The summed E-state index contributed by atoms with van der Waals surface area (Å²) in [6, 6.07) is 3.96. The first-order valence-corrected chi connectivity index (χ1v) is 5.95. The molecule has 0 bridgehead atoms. The molecule has 0 aliphatic carbocycles. The summed E-state index contributed by atoms with van der Waals surface area (Å²) in [4.78, 5) is 15.6. The molecule has 0 amide bonds. The molecule has 0 aliphatic rings. The molecule has 0 saturated carbocycles. The standard InChI is InChI=1S/C8H4BrNOS2/c9-7-2-1-6(13-7)5-4-12-8(3-11)10-5/h1-4H. The molecule has 0 radical (unpaired) electrons. The van der Waals surface area contributed by atoms with Gasteiger partial charge in [-0.05, 0) is 28.1 Å². The van der Waals surface area contributed by atoms with Crippen LogP contribution in [0, 0.1) is 0 Å². The Bertz CT molecular complexity index is 435. The Morgan fingerprint density at radius 1 is 1.46 bits per heavy atom. The smallest absolute Gasteiger partial charge is 0.178 e. The topological polar surface area (TPSA) is 30.0 Å². The van der Waals surface area contributed by atoms with Gasteiger partial charge in [0.2, 0.25) is 0 Å². The van der Waals surface area contributed by atoms with E-state index in [4.69, 9.17) is 0 Å². The van der Waals surface area contributed by atoms with Crippen molar-refractivity contribution in [1.29, 1.82) is 0 Å². The number of thiophene rings is 1. The molecule has 2 aromatic rings. The molecule has 0 aliphatic heterocycles. The Morgan fingerprint density at radius 2 is 2.31 bits per heavy atom. The maximum Gasteiger partial charge on any atom is 0.178 e. The van der Waals surface area contributed by atoms with Gasteiger partial charge in [-0.25, -0.2) is 4.98 Å². The van der Waals surface area contributed by atoms with Crippen LogP contribution in [0.2, 0.25) is 0 Å². The van der Waals surface area contributed by atoms with E-state index in [1.165, 1.54) is 11.3 Å². The van der Waals surface area contributed by atoms with Gasteiger partial charge in [-0.1, -0.05) is 0 Å². The van der Waals surface area contributed by atoms with Gasteiger partial charge >= 0.3 is 0 Å². The minimum Gasteiger partial charge on any atom is -0.295 e. The molecule has 0 aromatic carbocycles. The number of aldehydes is 1. The van der Waals surface area contributed by atoms with Gasteiger partial charge in [0, 0.05) is 5.38 Å². The Hall–Kier alpha value is -0.520. The van der Waals surface area contributed by atoms with E-state index in [9.17, 15) is 4.79 Å². The molecule has 0 atom stereocenters. The fraction of sp³-hybridized carbons (Fsp3) is 0. The first kappa shape index (κ1) is 9.05. The highest BCUT2D eigenvalue weighted by Gasteiger charge is 2.05. The van der Waals surface area contributed by atoms with E-state index in [2.05, 4.69) is 20.9 Å². The zero-order valence-corrected chi connectivity index (χ0v) is 9.58. The van der Waals surface area contributed by atoms with Crippen molar-refractivity contribution in [3.8, 4) is 10.6 Å². The number of carbonyl (C=O) groups is 1. The number of aromatic nitrogens is 1. The van der Waals surface area contributed by atoms with Crippen LogP contribution in [0.5, 0.6) is 0 Å². The molecule has 66 valence electrons. The van der Waals surface area contributed by atoms with Crippen molar-refractivity contribution >= 4 is 44.9 Å². The largest absolute Gasteiger partial charge is 0.295 e. The third-order valence-electron chi connectivity index (χ3n) is 1.45. The second-order valence-electron chi connectivity index (χ2n) is 2.29. The highest BCUT2D eigenvalue weighted by molar-refractivity contribution is 9.11. The first-order chi connectivity index (χ1) is 6.29. The molecule has 0 fully saturated rings. The van der Waals surface area contributed by atoms with E-state index >= 15 is 0 Å². The predicted octanol–water partition coefficient (Wildman–Crippen LogP) is 3.45. The molecular weight excluding hydrogens is 270 g/mol. The fourth-order valence-corrected chi connectivity index (χ4v) is 2.95. The van der Waals surface area contributed by atoms with Crippen LogP contribution in [0.3, 0.4) is 0 Å². The van der Waals surface area contributed by atoms with Gasteiger partial charge in [0.1, 0.15) is 0 Å². The lowest BCUT2D eigenvalue weighted by atomic mass is 10.4. The summed E-state index contributed by atoms with van der Waals surface area (Å²) in [5.41, 5.74) is 0.878. The lowest BCUT2D eigenvalue weighted by Gasteiger charge is -1.85. The van der Waals surface area contributed by atoms with Crippen LogP contribution in [-0.2, 0) is 0 Å². The van der Waals surface area contributed by atoms with Crippen molar-refractivity contribution in [3.05, 3.63) is 26.3 Å². The molecule has 5 heteroatoms. The van der Waals surface area contributed by atoms with Gasteiger partial charge in [-0.3, -0.25) is 4.79 Å². The molecule has 0 N–H and O–H groups in total. The Morgan fingerprint density at radius 3 is 2.85 bits per heavy atom. The highest BCUT2D eigenvalue weighted by Crippen LogP contribution is 2.31. The second-order valence-corrected chi connectivity index (χ2v) is 5.65. The highest BCUT2D eigenvalue weighted by atomic mass is 79.9. The van der Waals surface area contributed by atoms with E-state index < -0.39 is 0 Å². The average molecular weight is 274 g/mol. The maximum absolute atomic E-state index is 10.4. The minimum absolute atomic E-state index is 0.527. The van der Waals surface area contributed by atoms with Crippen molar-refractivity contribution in [2.24, 2.45) is 0 Å². The van der Waals surface area contributed by atoms with Crippen LogP contribution in [0.4, 0.5) is 0 Å². The van der Waals surface area contributed by atoms with Crippen LogP contribution < -0.4 is 0 Å². The summed E-state index contributed by atoms with van der Waals surface area (Å²) in [6.07, 6.45) is 0.775. The lowest BCUT2D eigenvalue weighted by molar-refractivity contribution is 0.112. The molecular formula is C8H4BrNOS2. The third-order valence-corrected chi connectivity index (χ3v) is 3.86. The van der Waals surface area contributed by atoms with Crippen molar-refractivity contribution in [3.63, 3.8) is 0 Å². The molecule has 2 rings (SSSR count). The molecule has 13 heavy (non-hydrogen) atoms. The van der Waals surface area contributed by atoms with Crippen LogP contribution in [0.1, 0.15) is 9.80 Å². The summed E-state index contributed by atoms with van der Waals surface area (Å²) in [6.45, 7) is 0. The number of halogens is 1. The van der Waals surface area contributed by atoms with Gasteiger partial charge in [0.15, 0.2) is 11.3 Å². The van der Waals surface area contributed by atoms with Gasteiger partial charge in [0.05, 0.1) is 14.4 Å². The lowest BCUT2D eigenvalue weighted by Crippen LogP contribution is -1.75. The van der Waals surface area contributed by atoms with Crippen molar-refractivity contribution in [2.45, 2.75) is 0 Å². The molecule has 0 spiro atoms. The van der Waals surface area contributed by atoms with E-state index in [1.807, 2.05) is 17.5 Å². The Kier molecular flexibility index (Phi) is 2.57. The van der Waals surface area contributed by atoms with Crippen LogP contribution in [0.15, 0.2) is 21.3 Å².